The second kappa shape index (κ2) is 6.36. The predicted octanol–water partition coefficient (Wildman–Crippen LogP) is 2.73. The number of nitrogens with zero attached hydrogens (tertiary/aromatic N) is 1. The lowest BCUT2D eigenvalue weighted by Gasteiger charge is -2.33. The summed E-state index contributed by atoms with van der Waals surface area (Å²) in [5.74, 6) is 0. The molecular formula is C15H26N2. The summed E-state index contributed by atoms with van der Waals surface area (Å²) in [6.45, 7) is 8.01. The minimum Gasteiger partial charge on any atom is -0.311 e. The highest BCUT2D eigenvalue weighted by molar-refractivity contribution is 4.99. The second-order valence-corrected chi connectivity index (χ2v) is 5.66. The Balaban J connectivity index is 1.65. The zero-order valence-electron chi connectivity index (χ0n) is 11.3. The Kier molecular flexibility index (Phi) is 4.81. The molecule has 0 aromatic heterocycles. The quantitative estimate of drug-likeness (QED) is 0.752. The van der Waals surface area contributed by atoms with Crippen molar-refractivity contribution in [2.24, 2.45) is 0 Å². The van der Waals surface area contributed by atoms with Gasteiger partial charge in [-0.1, -0.05) is 23.8 Å². The average molecular weight is 234 g/mol. The van der Waals surface area contributed by atoms with Gasteiger partial charge in [-0.05, 0) is 52.6 Å². The van der Waals surface area contributed by atoms with Gasteiger partial charge in [0.05, 0.1) is 0 Å². The van der Waals surface area contributed by atoms with E-state index in [0.29, 0.717) is 0 Å². The number of nitrogens with one attached hydrogen (secondary N) is 1. The minimum absolute atomic E-state index is 0.726. The van der Waals surface area contributed by atoms with E-state index in [0.717, 1.165) is 18.6 Å². The van der Waals surface area contributed by atoms with Crippen LogP contribution in [-0.4, -0.2) is 36.6 Å². The van der Waals surface area contributed by atoms with Crippen molar-refractivity contribution in [3.63, 3.8) is 0 Å². The van der Waals surface area contributed by atoms with Crippen LogP contribution in [0.3, 0.4) is 0 Å². The number of hydrogen-bond donors (Lipinski definition) is 1. The number of rotatable bonds is 4. The molecule has 0 aromatic rings. The first-order valence-corrected chi connectivity index (χ1v) is 7.01. The summed E-state index contributed by atoms with van der Waals surface area (Å²) in [5, 5.41) is 3.80. The lowest BCUT2D eigenvalue weighted by molar-refractivity contribution is 0.207. The molecule has 0 amide bonds. The lowest BCUT2D eigenvalue weighted by atomic mass is 10.0. The topological polar surface area (TPSA) is 15.3 Å². The van der Waals surface area contributed by atoms with Gasteiger partial charge in [0, 0.05) is 18.6 Å². The minimum atomic E-state index is 0.726. The van der Waals surface area contributed by atoms with E-state index in [-0.39, 0.29) is 0 Å². The van der Waals surface area contributed by atoms with Crippen LogP contribution in [0.25, 0.3) is 0 Å². The van der Waals surface area contributed by atoms with Gasteiger partial charge >= 0.3 is 0 Å². The maximum atomic E-state index is 3.80. The largest absolute Gasteiger partial charge is 0.311 e. The van der Waals surface area contributed by atoms with Gasteiger partial charge in [0.1, 0.15) is 0 Å². The third-order valence-corrected chi connectivity index (χ3v) is 3.82. The van der Waals surface area contributed by atoms with Crippen molar-refractivity contribution in [3.8, 4) is 0 Å². The third-order valence-electron chi connectivity index (χ3n) is 3.82. The van der Waals surface area contributed by atoms with Crippen molar-refractivity contribution in [1.82, 2.24) is 10.2 Å². The van der Waals surface area contributed by atoms with Crippen molar-refractivity contribution < 1.29 is 0 Å². The fourth-order valence-corrected chi connectivity index (χ4v) is 2.68. The van der Waals surface area contributed by atoms with Crippen LogP contribution in [0.2, 0.25) is 0 Å². The van der Waals surface area contributed by atoms with Gasteiger partial charge in [-0.15, -0.1) is 0 Å². The Morgan fingerprint density at radius 3 is 2.41 bits per heavy atom. The van der Waals surface area contributed by atoms with Gasteiger partial charge in [-0.3, -0.25) is 4.90 Å². The van der Waals surface area contributed by atoms with Crippen LogP contribution in [0.4, 0.5) is 0 Å². The van der Waals surface area contributed by atoms with Gasteiger partial charge in [0.15, 0.2) is 0 Å². The Labute approximate surface area is 106 Å². The number of allylic oxidation sites excluding steroid dienone is 1. The summed E-state index contributed by atoms with van der Waals surface area (Å²) in [6, 6.07) is 1.48. The fraction of sp³-hybridized carbons (Fsp3) is 0.733. The molecule has 0 atom stereocenters. The third kappa shape index (κ3) is 4.29. The highest BCUT2D eigenvalue weighted by Gasteiger charge is 2.21. The maximum Gasteiger partial charge on any atom is 0.0165 e. The highest BCUT2D eigenvalue weighted by Crippen LogP contribution is 2.15. The molecular weight excluding hydrogens is 208 g/mol. The molecule has 0 aromatic carbocycles. The Bertz CT molecular complexity index is 273. The first kappa shape index (κ1) is 12.8. The average Bonchev–Trinajstić information content (AvgIpc) is 2.81. The first-order chi connectivity index (χ1) is 8.24. The molecule has 2 nitrogen and oxygen atoms in total. The fourth-order valence-electron chi connectivity index (χ4n) is 2.68. The molecule has 1 aliphatic carbocycles. The maximum absolute atomic E-state index is 3.80. The van der Waals surface area contributed by atoms with E-state index in [1.807, 2.05) is 0 Å². The summed E-state index contributed by atoms with van der Waals surface area (Å²) in [5.41, 5.74) is 1.43. The smallest absolute Gasteiger partial charge is 0.0165 e. The molecule has 0 radical (unpaired) electrons. The van der Waals surface area contributed by atoms with Crippen LogP contribution in [0.5, 0.6) is 0 Å². The number of piperidine rings is 1. The molecule has 0 bridgehead atoms. The summed E-state index contributed by atoms with van der Waals surface area (Å²) in [7, 11) is 0. The van der Waals surface area contributed by atoms with Gasteiger partial charge in [-0.2, -0.15) is 0 Å². The number of hydrogen-bond acceptors (Lipinski definition) is 2. The zero-order chi connectivity index (χ0) is 12.1. The van der Waals surface area contributed by atoms with Gasteiger partial charge < -0.3 is 5.32 Å². The summed E-state index contributed by atoms with van der Waals surface area (Å²) < 4.78 is 0. The van der Waals surface area contributed by atoms with Crippen molar-refractivity contribution in [2.75, 3.05) is 19.6 Å². The molecule has 17 heavy (non-hydrogen) atoms. The van der Waals surface area contributed by atoms with E-state index in [4.69, 9.17) is 0 Å². The molecule has 0 spiro atoms. The lowest BCUT2D eigenvalue weighted by Crippen LogP contribution is -2.45. The Hall–Kier alpha value is -0.600. The zero-order valence-corrected chi connectivity index (χ0v) is 11.3. The van der Waals surface area contributed by atoms with E-state index in [1.165, 1.54) is 44.3 Å². The monoisotopic (exact) mass is 234 g/mol. The van der Waals surface area contributed by atoms with Gasteiger partial charge in [0.2, 0.25) is 0 Å². The highest BCUT2D eigenvalue weighted by atomic mass is 15.1. The van der Waals surface area contributed by atoms with E-state index < -0.39 is 0 Å². The van der Waals surface area contributed by atoms with E-state index in [2.05, 4.69) is 42.3 Å². The van der Waals surface area contributed by atoms with Crippen molar-refractivity contribution in [3.05, 3.63) is 23.8 Å². The summed E-state index contributed by atoms with van der Waals surface area (Å²) >= 11 is 0. The molecule has 1 N–H and O–H groups in total. The molecule has 0 saturated carbocycles. The van der Waals surface area contributed by atoms with Crippen molar-refractivity contribution in [1.29, 1.82) is 0 Å². The molecule has 1 saturated heterocycles. The van der Waals surface area contributed by atoms with Crippen LogP contribution < -0.4 is 5.32 Å². The molecule has 2 aliphatic rings. The van der Waals surface area contributed by atoms with Crippen LogP contribution in [0, 0.1) is 0 Å². The van der Waals surface area contributed by atoms with Crippen LogP contribution >= 0.6 is 0 Å². The predicted molar refractivity (Wildman–Crippen MR) is 74.2 cm³/mol. The molecule has 1 aliphatic heterocycles. The van der Waals surface area contributed by atoms with Gasteiger partial charge in [-0.25, -0.2) is 0 Å². The molecule has 2 rings (SSSR count). The van der Waals surface area contributed by atoms with E-state index in [9.17, 15) is 0 Å². The van der Waals surface area contributed by atoms with Crippen LogP contribution in [0.15, 0.2) is 23.8 Å². The molecule has 2 heteroatoms. The van der Waals surface area contributed by atoms with E-state index >= 15 is 0 Å². The number of likely N-dealkylation sites (tertiary alicyclic amines) is 1. The van der Waals surface area contributed by atoms with Crippen molar-refractivity contribution in [2.45, 2.75) is 51.6 Å². The van der Waals surface area contributed by atoms with Crippen molar-refractivity contribution >= 4 is 0 Å². The standard InChI is InChI=1S/C15H26N2/c1-13(2)7-10-17-11-8-15(9-12-17)16-14-5-3-4-6-14/h3-4,7,14-16H,5-6,8-12H2,1-2H3. The Morgan fingerprint density at radius 2 is 1.82 bits per heavy atom. The normalized spacial score (nSPS) is 23.2. The summed E-state index contributed by atoms with van der Waals surface area (Å²) in [4.78, 5) is 2.57. The first-order valence-electron chi connectivity index (χ1n) is 7.01. The second-order valence-electron chi connectivity index (χ2n) is 5.66. The van der Waals surface area contributed by atoms with Crippen LogP contribution in [0.1, 0.15) is 39.5 Å². The van der Waals surface area contributed by atoms with E-state index in [1.54, 1.807) is 0 Å². The Morgan fingerprint density at radius 1 is 1.18 bits per heavy atom. The molecule has 96 valence electrons. The molecule has 0 unspecified atom stereocenters. The van der Waals surface area contributed by atoms with Crippen LogP contribution in [-0.2, 0) is 0 Å². The SMILES string of the molecule is CC(C)=CCN1CCC(NC2CC=CC2)CC1. The summed E-state index contributed by atoms with van der Waals surface area (Å²) in [6.07, 6.45) is 12.0. The van der Waals surface area contributed by atoms with Gasteiger partial charge in [0.25, 0.3) is 0 Å². The molecule has 1 heterocycles. The molecule has 1 fully saturated rings.